The van der Waals surface area contributed by atoms with Gasteiger partial charge in [0.1, 0.15) is 0 Å². The SMILES string of the molecule is NCc1cc(C(=O)NCCC2CCC2)ccn1. The van der Waals surface area contributed by atoms with Crippen LogP contribution in [0.15, 0.2) is 18.3 Å². The Hall–Kier alpha value is -1.42. The molecule has 0 radical (unpaired) electrons. The Morgan fingerprint density at radius 2 is 2.35 bits per heavy atom. The topological polar surface area (TPSA) is 68.0 Å². The standard InChI is InChI=1S/C13H19N3O/c14-9-12-8-11(5-7-15-12)13(17)16-6-4-10-2-1-3-10/h5,7-8,10H,1-4,6,9,14H2,(H,16,17). The van der Waals surface area contributed by atoms with Crippen molar-refractivity contribution in [3.8, 4) is 0 Å². The summed E-state index contributed by atoms with van der Waals surface area (Å²) in [5, 5.41) is 2.94. The van der Waals surface area contributed by atoms with Crippen LogP contribution in [0.2, 0.25) is 0 Å². The number of hydrogen-bond acceptors (Lipinski definition) is 3. The molecule has 1 heterocycles. The van der Waals surface area contributed by atoms with E-state index in [2.05, 4.69) is 10.3 Å². The molecule has 1 amide bonds. The van der Waals surface area contributed by atoms with Crippen LogP contribution in [0.25, 0.3) is 0 Å². The molecule has 92 valence electrons. The Morgan fingerprint density at radius 3 is 3.00 bits per heavy atom. The van der Waals surface area contributed by atoms with E-state index in [1.165, 1.54) is 19.3 Å². The number of nitrogens with two attached hydrogens (primary N) is 1. The Morgan fingerprint density at radius 1 is 1.53 bits per heavy atom. The van der Waals surface area contributed by atoms with E-state index in [9.17, 15) is 4.79 Å². The van der Waals surface area contributed by atoms with Crippen molar-refractivity contribution in [3.63, 3.8) is 0 Å². The van der Waals surface area contributed by atoms with Crippen LogP contribution >= 0.6 is 0 Å². The molecule has 1 aromatic heterocycles. The van der Waals surface area contributed by atoms with Crippen molar-refractivity contribution < 1.29 is 4.79 Å². The summed E-state index contributed by atoms with van der Waals surface area (Å²) in [6.07, 6.45) is 6.72. The van der Waals surface area contributed by atoms with Crippen LogP contribution in [0.3, 0.4) is 0 Å². The van der Waals surface area contributed by atoms with E-state index in [4.69, 9.17) is 5.73 Å². The van der Waals surface area contributed by atoms with Crippen LogP contribution in [0.1, 0.15) is 41.7 Å². The van der Waals surface area contributed by atoms with Crippen LogP contribution in [-0.2, 0) is 6.54 Å². The Labute approximate surface area is 102 Å². The summed E-state index contributed by atoms with van der Waals surface area (Å²) in [5.41, 5.74) is 6.88. The fraction of sp³-hybridized carbons (Fsp3) is 0.538. The zero-order chi connectivity index (χ0) is 12.1. The second kappa shape index (κ2) is 5.77. The summed E-state index contributed by atoms with van der Waals surface area (Å²) >= 11 is 0. The van der Waals surface area contributed by atoms with Crippen LogP contribution in [0.5, 0.6) is 0 Å². The van der Waals surface area contributed by atoms with Gasteiger partial charge in [-0.05, 0) is 24.5 Å². The normalized spacial score (nSPS) is 15.4. The molecule has 0 atom stereocenters. The van der Waals surface area contributed by atoms with Crippen LogP contribution in [0, 0.1) is 5.92 Å². The van der Waals surface area contributed by atoms with Gasteiger partial charge in [-0.25, -0.2) is 0 Å². The lowest BCUT2D eigenvalue weighted by Crippen LogP contribution is -2.27. The smallest absolute Gasteiger partial charge is 0.251 e. The first-order chi connectivity index (χ1) is 8.29. The third-order valence-corrected chi connectivity index (χ3v) is 3.35. The zero-order valence-electron chi connectivity index (χ0n) is 9.98. The molecule has 0 spiro atoms. The van der Waals surface area contributed by atoms with E-state index in [0.29, 0.717) is 12.1 Å². The summed E-state index contributed by atoms with van der Waals surface area (Å²) in [7, 11) is 0. The summed E-state index contributed by atoms with van der Waals surface area (Å²) in [4.78, 5) is 15.9. The molecule has 0 bridgehead atoms. The fourth-order valence-corrected chi connectivity index (χ4v) is 2.00. The molecule has 4 heteroatoms. The second-order valence-electron chi connectivity index (χ2n) is 4.58. The third-order valence-electron chi connectivity index (χ3n) is 3.35. The number of hydrogen-bond donors (Lipinski definition) is 2. The van der Waals surface area contributed by atoms with Gasteiger partial charge in [-0.3, -0.25) is 9.78 Å². The lowest BCUT2D eigenvalue weighted by atomic mass is 9.83. The summed E-state index contributed by atoms with van der Waals surface area (Å²) in [6, 6.07) is 3.47. The number of rotatable bonds is 5. The Balaban J connectivity index is 1.81. The van der Waals surface area contributed by atoms with Crippen molar-refractivity contribution in [1.82, 2.24) is 10.3 Å². The predicted molar refractivity (Wildman–Crippen MR) is 66.4 cm³/mol. The average molecular weight is 233 g/mol. The number of nitrogens with one attached hydrogen (secondary N) is 1. The van der Waals surface area contributed by atoms with Gasteiger partial charge >= 0.3 is 0 Å². The number of aromatic nitrogens is 1. The van der Waals surface area contributed by atoms with Crippen LogP contribution in [-0.4, -0.2) is 17.4 Å². The van der Waals surface area contributed by atoms with Crippen molar-refractivity contribution in [3.05, 3.63) is 29.6 Å². The highest BCUT2D eigenvalue weighted by molar-refractivity contribution is 5.94. The molecule has 0 unspecified atom stereocenters. The minimum absolute atomic E-state index is 0.0265. The van der Waals surface area contributed by atoms with Gasteiger partial charge in [-0.2, -0.15) is 0 Å². The van der Waals surface area contributed by atoms with E-state index < -0.39 is 0 Å². The minimum atomic E-state index is -0.0265. The number of carbonyl (C=O) groups is 1. The first-order valence-corrected chi connectivity index (χ1v) is 6.23. The largest absolute Gasteiger partial charge is 0.352 e. The van der Waals surface area contributed by atoms with Gasteiger partial charge in [-0.15, -0.1) is 0 Å². The highest BCUT2D eigenvalue weighted by atomic mass is 16.1. The highest BCUT2D eigenvalue weighted by Crippen LogP contribution is 2.28. The number of pyridine rings is 1. The first kappa shape index (κ1) is 12.0. The van der Waals surface area contributed by atoms with Gasteiger partial charge < -0.3 is 11.1 Å². The molecule has 4 nitrogen and oxygen atoms in total. The molecule has 17 heavy (non-hydrogen) atoms. The van der Waals surface area contributed by atoms with E-state index in [0.717, 1.165) is 24.6 Å². The molecule has 1 aromatic rings. The number of amides is 1. The minimum Gasteiger partial charge on any atom is -0.352 e. The molecule has 1 aliphatic rings. The molecular formula is C13H19N3O. The zero-order valence-corrected chi connectivity index (χ0v) is 9.98. The summed E-state index contributed by atoms with van der Waals surface area (Å²) in [6.45, 7) is 1.13. The van der Waals surface area contributed by atoms with Gasteiger partial charge in [0.25, 0.3) is 5.91 Å². The van der Waals surface area contributed by atoms with Gasteiger partial charge in [0.2, 0.25) is 0 Å². The Kier molecular flexibility index (Phi) is 4.09. The van der Waals surface area contributed by atoms with E-state index in [1.807, 2.05) is 0 Å². The van der Waals surface area contributed by atoms with Crippen LogP contribution in [0.4, 0.5) is 0 Å². The van der Waals surface area contributed by atoms with Crippen molar-refractivity contribution in [2.24, 2.45) is 11.7 Å². The summed E-state index contributed by atoms with van der Waals surface area (Å²) < 4.78 is 0. The van der Waals surface area contributed by atoms with Crippen molar-refractivity contribution >= 4 is 5.91 Å². The molecule has 0 aromatic carbocycles. The maximum absolute atomic E-state index is 11.8. The van der Waals surface area contributed by atoms with E-state index in [1.54, 1.807) is 18.3 Å². The van der Waals surface area contributed by atoms with Gasteiger partial charge in [-0.1, -0.05) is 19.3 Å². The van der Waals surface area contributed by atoms with Crippen molar-refractivity contribution in [2.75, 3.05) is 6.54 Å². The van der Waals surface area contributed by atoms with Crippen molar-refractivity contribution in [2.45, 2.75) is 32.2 Å². The second-order valence-corrected chi connectivity index (χ2v) is 4.58. The molecule has 1 saturated carbocycles. The molecular weight excluding hydrogens is 214 g/mol. The maximum atomic E-state index is 11.8. The number of nitrogens with zero attached hydrogens (tertiary/aromatic N) is 1. The lowest BCUT2D eigenvalue weighted by Gasteiger charge is -2.25. The first-order valence-electron chi connectivity index (χ1n) is 6.23. The molecule has 1 fully saturated rings. The molecule has 2 rings (SSSR count). The highest BCUT2D eigenvalue weighted by Gasteiger charge is 2.17. The Bertz CT molecular complexity index is 388. The maximum Gasteiger partial charge on any atom is 0.251 e. The van der Waals surface area contributed by atoms with Crippen molar-refractivity contribution in [1.29, 1.82) is 0 Å². The molecule has 0 aliphatic heterocycles. The van der Waals surface area contributed by atoms with E-state index in [-0.39, 0.29) is 5.91 Å². The molecule has 3 N–H and O–H groups in total. The van der Waals surface area contributed by atoms with E-state index >= 15 is 0 Å². The monoisotopic (exact) mass is 233 g/mol. The molecule has 0 saturated heterocycles. The van der Waals surface area contributed by atoms with Gasteiger partial charge in [0, 0.05) is 24.8 Å². The quantitative estimate of drug-likeness (QED) is 0.809. The number of carbonyl (C=O) groups excluding carboxylic acids is 1. The third kappa shape index (κ3) is 3.27. The predicted octanol–water partition coefficient (Wildman–Crippen LogP) is 1.46. The van der Waals surface area contributed by atoms with Crippen LogP contribution < -0.4 is 11.1 Å². The fourth-order valence-electron chi connectivity index (χ4n) is 2.00. The average Bonchev–Trinajstić information content (AvgIpc) is 2.32. The lowest BCUT2D eigenvalue weighted by molar-refractivity contribution is 0.0948. The molecule has 1 aliphatic carbocycles. The van der Waals surface area contributed by atoms with Gasteiger partial charge in [0.05, 0.1) is 5.69 Å². The van der Waals surface area contributed by atoms with Gasteiger partial charge in [0.15, 0.2) is 0 Å². The summed E-state index contributed by atoms with van der Waals surface area (Å²) in [5.74, 6) is 0.800.